The van der Waals surface area contributed by atoms with Crippen LogP contribution >= 0.6 is 11.6 Å². The molecule has 1 saturated heterocycles. The fraction of sp³-hybridized carbons (Fsp3) is 0.613. The second kappa shape index (κ2) is 10.7. The molecular formula is C31H41ClN2O7. The molecule has 4 aliphatic rings. The summed E-state index contributed by atoms with van der Waals surface area (Å²) in [5, 5.41) is 29.2. The van der Waals surface area contributed by atoms with Crippen molar-refractivity contribution < 1.29 is 34.1 Å². The zero-order chi connectivity index (χ0) is 30.0. The number of fused-ring (bicyclic) bond motifs is 4. The van der Waals surface area contributed by atoms with Crippen LogP contribution < -0.4 is 10.4 Å². The predicted octanol–water partition coefficient (Wildman–Crippen LogP) is 4.01. The average Bonchev–Trinajstić information content (AvgIpc) is 3.25. The molecule has 0 radical (unpaired) electrons. The van der Waals surface area contributed by atoms with Gasteiger partial charge in [-0.3, -0.25) is 24.8 Å². The lowest BCUT2D eigenvalue weighted by Crippen LogP contribution is -2.66. The van der Waals surface area contributed by atoms with E-state index < -0.39 is 53.5 Å². The van der Waals surface area contributed by atoms with E-state index in [0.717, 1.165) is 12.0 Å². The Bertz CT molecular complexity index is 1280. The highest BCUT2D eigenvalue weighted by molar-refractivity contribution is 6.33. The molecular weight excluding hydrogens is 548 g/mol. The van der Waals surface area contributed by atoms with Gasteiger partial charge in [-0.25, -0.2) is 0 Å². The molecule has 2 fully saturated rings. The molecule has 0 unspecified atom stereocenters. The van der Waals surface area contributed by atoms with Gasteiger partial charge in [0.25, 0.3) is 0 Å². The minimum atomic E-state index is -1.55. The SMILES string of the molecule is C=C(C)[C@@H]1CC[C@@H](C)[C@@]2(O)[C@@H]1C=C(C)[C@@H](OC(=O)C(C)C)[C@@H]2OC(=O)[C@@H]1C[C@@]2(O)c3cccc(Cl)c3N(C)O[C@H]2N1. The molecule has 0 amide bonds. The van der Waals surface area contributed by atoms with Crippen LogP contribution in [0, 0.1) is 23.7 Å². The van der Waals surface area contributed by atoms with E-state index in [2.05, 4.69) is 11.9 Å². The Labute approximate surface area is 246 Å². The van der Waals surface area contributed by atoms with E-state index in [4.69, 9.17) is 25.9 Å². The van der Waals surface area contributed by atoms with Crippen molar-refractivity contribution in [3.05, 3.63) is 52.6 Å². The van der Waals surface area contributed by atoms with Gasteiger partial charge in [-0.15, -0.1) is 0 Å². The van der Waals surface area contributed by atoms with Gasteiger partial charge in [0.2, 0.25) is 0 Å². The number of halogens is 1. The number of nitrogens with one attached hydrogen (secondary N) is 1. The highest BCUT2D eigenvalue weighted by Gasteiger charge is 2.62. The first-order chi connectivity index (χ1) is 19.2. The molecule has 10 heteroatoms. The summed E-state index contributed by atoms with van der Waals surface area (Å²) in [5.74, 6) is -2.18. The Kier molecular flexibility index (Phi) is 7.83. The van der Waals surface area contributed by atoms with Gasteiger partial charge in [0, 0.05) is 24.9 Å². The number of anilines is 1. The van der Waals surface area contributed by atoms with E-state index in [1.807, 2.05) is 26.8 Å². The minimum Gasteiger partial charge on any atom is -0.454 e. The first kappa shape index (κ1) is 30.0. The van der Waals surface area contributed by atoms with Crippen molar-refractivity contribution in [1.82, 2.24) is 5.32 Å². The van der Waals surface area contributed by atoms with Gasteiger partial charge in [-0.2, -0.15) is 0 Å². The summed E-state index contributed by atoms with van der Waals surface area (Å²) < 4.78 is 12.1. The molecule has 5 rings (SSSR count). The van der Waals surface area contributed by atoms with Crippen LogP contribution in [-0.2, 0) is 29.5 Å². The lowest BCUT2D eigenvalue weighted by Gasteiger charge is -2.55. The monoisotopic (exact) mass is 588 g/mol. The molecule has 0 spiro atoms. The van der Waals surface area contributed by atoms with Gasteiger partial charge in [0.15, 0.2) is 18.4 Å². The number of carbonyl (C=O) groups is 2. The number of rotatable bonds is 5. The normalized spacial score (nSPS) is 38.0. The van der Waals surface area contributed by atoms with Crippen LogP contribution in [0.2, 0.25) is 5.02 Å². The van der Waals surface area contributed by atoms with E-state index in [1.165, 1.54) is 5.06 Å². The van der Waals surface area contributed by atoms with Crippen LogP contribution in [0.15, 0.2) is 42.0 Å². The molecule has 9 atom stereocenters. The van der Waals surface area contributed by atoms with E-state index in [-0.39, 0.29) is 24.2 Å². The molecule has 41 heavy (non-hydrogen) atoms. The number of carbonyl (C=O) groups excluding carboxylic acids is 2. The molecule has 0 aromatic heterocycles. The van der Waals surface area contributed by atoms with Gasteiger partial charge in [0.1, 0.15) is 17.2 Å². The van der Waals surface area contributed by atoms with Crippen molar-refractivity contribution in [2.24, 2.45) is 23.7 Å². The lowest BCUT2D eigenvalue weighted by molar-refractivity contribution is -0.222. The van der Waals surface area contributed by atoms with Crippen molar-refractivity contribution in [1.29, 1.82) is 0 Å². The van der Waals surface area contributed by atoms with Crippen molar-refractivity contribution in [3.8, 4) is 0 Å². The van der Waals surface area contributed by atoms with Crippen LogP contribution in [0.25, 0.3) is 0 Å². The summed E-state index contributed by atoms with van der Waals surface area (Å²) in [7, 11) is 1.68. The lowest BCUT2D eigenvalue weighted by atomic mass is 9.56. The molecule has 1 aromatic rings. The number of hydrogen-bond donors (Lipinski definition) is 3. The van der Waals surface area contributed by atoms with Crippen molar-refractivity contribution in [3.63, 3.8) is 0 Å². The molecule has 2 aliphatic carbocycles. The molecule has 2 heterocycles. The Morgan fingerprint density at radius 1 is 1.24 bits per heavy atom. The van der Waals surface area contributed by atoms with Crippen LogP contribution in [0.1, 0.15) is 59.4 Å². The predicted molar refractivity (Wildman–Crippen MR) is 154 cm³/mol. The van der Waals surface area contributed by atoms with E-state index in [9.17, 15) is 19.8 Å². The van der Waals surface area contributed by atoms with Crippen LogP contribution in [0.4, 0.5) is 5.69 Å². The summed E-state index contributed by atoms with van der Waals surface area (Å²) in [4.78, 5) is 32.6. The number of hydrogen-bond acceptors (Lipinski definition) is 9. The highest BCUT2D eigenvalue weighted by Crippen LogP contribution is 2.53. The summed E-state index contributed by atoms with van der Waals surface area (Å²) >= 11 is 6.41. The Morgan fingerprint density at radius 3 is 2.61 bits per heavy atom. The Balaban J connectivity index is 1.48. The number of aliphatic hydroxyl groups is 2. The molecule has 3 N–H and O–H groups in total. The molecule has 9 nitrogen and oxygen atoms in total. The third kappa shape index (κ3) is 4.79. The Morgan fingerprint density at radius 2 is 1.95 bits per heavy atom. The third-order valence-corrected chi connectivity index (χ3v) is 9.80. The molecule has 0 bridgehead atoms. The van der Waals surface area contributed by atoms with Gasteiger partial charge >= 0.3 is 11.9 Å². The minimum absolute atomic E-state index is 0.0209. The van der Waals surface area contributed by atoms with E-state index >= 15 is 0 Å². The number of para-hydroxylation sites is 1. The third-order valence-electron chi connectivity index (χ3n) is 9.50. The second-order valence-electron chi connectivity index (χ2n) is 12.6. The first-order valence-corrected chi connectivity index (χ1v) is 14.7. The number of ether oxygens (including phenoxy) is 2. The number of hydroxylamine groups is 1. The van der Waals surface area contributed by atoms with Gasteiger partial charge < -0.3 is 19.7 Å². The number of allylic oxidation sites excluding steroid dienone is 1. The standard InChI is InChI=1S/C31H41ClN2O7/c1-15(2)19-12-11-18(6)31(38)21(19)13-17(5)25(39-27(35)16(3)4)26(31)40-28(36)23-14-30(37)20-9-8-10-22(32)24(20)34(7)41-29(30)33-23/h8-10,13,16,18-19,21,23,25-26,29,33,37-38H,1,11-12,14H2,2-7H3/t18-,19+,21-,23+,25-,26+,29-,30-,31-/m1/s1. The van der Waals surface area contributed by atoms with Gasteiger partial charge in [0.05, 0.1) is 16.6 Å². The molecule has 2 aliphatic heterocycles. The summed E-state index contributed by atoms with van der Waals surface area (Å²) in [6, 6.07) is 4.24. The van der Waals surface area contributed by atoms with E-state index in [0.29, 0.717) is 28.3 Å². The maximum absolute atomic E-state index is 13.9. The molecule has 1 aromatic carbocycles. The molecule has 224 valence electrons. The van der Waals surface area contributed by atoms with Crippen LogP contribution in [-0.4, -0.2) is 59.3 Å². The fourth-order valence-corrected chi connectivity index (χ4v) is 7.41. The van der Waals surface area contributed by atoms with Crippen LogP contribution in [0.5, 0.6) is 0 Å². The number of benzene rings is 1. The van der Waals surface area contributed by atoms with Crippen molar-refractivity contribution >= 4 is 29.2 Å². The van der Waals surface area contributed by atoms with E-state index in [1.54, 1.807) is 39.1 Å². The fourth-order valence-electron chi connectivity index (χ4n) is 7.12. The van der Waals surface area contributed by atoms with Crippen LogP contribution in [0.3, 0.4) is 0 Å². The zero-order valence-electron chi connectivity index (χ0n) is 24.5. The number of nitrogens with zero attached hydrogens (tertiary/aromatic N) is 1. The molecule has 1 saturated carbocycles. The second-order valence-corrected chi connectivity index (χ2v) is 13.0. The zero-order valence-corrected chi connectivity index (χ0v) is 25.3. The largest absolute Gasteiger partial charge is 0.454 e. The smallest absolute Gasteiger partial charge is 0.323 e. The highest BCUT2D eigenvalue weighted by atomic mass is 35.5. The maximum atomic E-state index is 13.9. The van der Waals surface area contributed by atoms with Crippen molar-refractivity contribution in [2.75, 3.05) is 12.1 Å². The quantitative estimate of drug-likeness (QED) is 0.346. The topological polar surface area (TPSA) is 118 Å². The van der Waals surface area contributed by atoms with Crippen molar-refractivity contribution in [2.45, 2.75) is 89.6 Å². The number of esters is 2. The first-order valence-electron chi connectivity index (χ1n) is 14.3. The summed E-state index contributed by atoms with van der Waals surface area (Å²) in [6.07, 6.45) is 0.405. The summed E-state index contributed by atoms with van der Waals surface area (Å²) in [6.45, 7) is 13.4. The summed E-state index contributed by atoms with van der Waals surface area (Å²) in [5.41, 5.74) is -0.336. The Hall–Kier alpha value is -2.43. The van der Waals surface area contributed by atoms with Gasteiger partial charge in [-0.1, -0.05) is 62.7 Å². The van der Waals surface area contributed by atoms with Gasteiger partial charge in [-0.05, 0) is 50.2 Å². The average molecular weight is 589 g/mol. The maximum Gasteiger partial charge on any atom is 0.323 e.